The summed E-state index contributed by atoms with van der Waals surface area (Å²) < 4.78 is 56.0. The van der Waals surface area contributed by atoms with Crippen molar-refractivity contribution in [3.8, 4) is 5.75 Å². The van der Waals surface area contributed by atoms with E-state index in [2.05, 4.69) is 0 Å². The van der Waals surface area contributed by atoms with Gasteiger partial charge in [0.25, 0.3) is 0 Å². The third-order valence-corrected chi connectivity index (χ3v) is 5.06. The number of ether oxygens (including phenoxy) is 1. The number of ketones is 1. The van der Waals surface area contributed by atoms with Gasteiger partial charge in [-0.3, -0.25) is 14.6 Å². The second kappa shape index (κ2) is 8.72. The van der Waals surface area contributed by atoms with Crippen LogP contribution in [0.4, 0.5) is 23.2 Å². The average Bonchev–Trinajstić information content (AvgIpc) is 2.73. The number of hydrogen-bond donors (Lipinski definition) is 1. The zero-order valence-electron chi connectivity index (χ0n) is 17.7. The van der Waals surface area contributed by atoms with E-state index in [0.29, 0.717) is 17.9 Å². The number of fused-ring (bicyclic) bond motifs is 1. The Labute approximate surface area is 182 Å². The van der Waals surface area contributed by atoms with Crippen LogP contribution < -0.4 is 10.1 Å². The van der Waals surface area contributed by atoms with Crippen molar-refractivity contribution in [1.29, 1.82) is 0 Å². The Morgan fingerprint density at radius 2 is 1.81 bits per heavy atom. The highest BCUT2D eigenvalue weighted by Gasteiger charge is 2.48. The predicted octanol–water partition coefficient (Wildman–Crippen LogP) is 4.93. The van der Waals surface area contributed by atoms with E-state index >= 15 is 0 Å². The number of aliphatic imine (C=N–C) groups is 1. The Morgan fingerprint density at radius 3 is 2.41 bits per heavy atom. The summed E-state index contributed by atoms with van der Waals surface area (Å²) in [6.07, 6.45) is -3.41. The third kappa shape index (κ3) is 4.98. The molecular formula is C23H22F4N2O3. The highest BCUT2D eigenvalue weighted by atomic mass is 19.3. The number of carbonyl (C=O) groups excluding carboxylic acids is 2. The molecule has 0 spiro atoms. The zero-order valence-corrected chi connectivity index (χ0v) is 17.7. The number of halogens is 4. The maximum atomic E-state index is 13.1. The largest absolute Gasteiger partial charge is 0.497 e. The molecule has 2 aromatic carbocycles. The molecule has 0 aromatic heterocycles. The van der Waals surface area contributed by atoms with Gasteiger partial charge in [-0.05, 0) is 62.2 Å². The average molecular weight is 450 g/mol. The van der Waals surface area contributed by atoms with Gasteiger partial charge in [0.1, 0.15) is 5.75 Å². The number of rotatable bonds is 7. The predicted molar refractivity (Wildman–Crippen MR) is 112 cm³/mol. The Hall–Kier alpha value is -3.23. The van der Waals surface area contributed by atoms with Crippen LogP contribution in [-0.4, -0.2) is 42.4 Å². The van der Waals surface area contributed by atoms with Gasteiger partial charge in [0.2, 0.25) is 0 Å². The summed E-state index contributed by atoms with van der Waals surface area (Å²) in [6, 6.07) is 10.7. The molecule has 0 aliphatic carbocycles. The maximum absolute atomic E-state index is 13.1. The van der Waals surface area contributed by atoms with Gasteiger partial charge in [0.15, 0.2) is 5.78 Å². The van der Waals surface area contributed by atoms with Crippen LogP contribution in [0.5, 0.6) is 5.75 Å². The molecule has 0 atom stereocenters. The van der Waals surface area contributed by atoms with E-state index in [1.807, 2.05) is 32.0 Å². The fraction of sp³-hybridized carbons (Fsp3) is 0.348. The van der Waals surface area contributed by atoms with Crippen LogP contribution in [0.3, 0.4) is 0 Å². The molecule has 0 fully saturated rings. The van der Waals surface area contributed by atoms with Gasteiger partial charge in [-0.2, -0.15) is 8.78 Å². The number of benzene rings is 2. The van der Waals surface area contributed by atoms with E-state index in [1.54, 1.807) is 12.4 Å². The van der Waals surface area contributed by atoms with E-state index in [0.717, 1.165) is 11.1 Å². The van der Waals surface area contributed by atoms with Crippen molar-refractivity contribution in [2.75, 3.05) is 12.4 Å². The molecule has 1 heterocycles. The normalized spacial score (nSPS) is 15.1. The summed E-state index contributed by atoms with van der Waals surface area (Å²) in [5.41, 5.74) is 2.23. The lowest BCUT2D eigenvalue weighted by Crippen LogP contribution is -2.40. The van der Waals surface area contributed by atoms with Crippen molar-refractivity contribution in [2.45, 2.75) is 44.6 Å². The first-order valence-corrected chi connectivity index (χ1v) is 9.79. The minimum atomic E-state index is -4.81. The van der Waals surface area contributed by atoms with Crippen LogP contribution in [-0.2, 0) is 11.2 Å². The number of Topliss-reactive ketones (excluding diaryl/α,β-unsaturated/α-hetero) is 1. The Balaban J connectivity index is 1.78. The van der Waals surface area contributed by atoms with Crippen molar-refractivity contribution in [3.63, 3.8) is 0 Å². The van der Waals surface area contributed by atoms with Gasteiger partial charge in [0, 0.05) is 16.8 Å². The Bertz CT molecular complexity index is 1060. The van der Waals surface area contributed by atoms with Crippen molar-refractivity contribution in [2.24, 2.45) is 4.99 Å². The topological polar surface area (TPSA) is 67.8 Å². The highest BCUT2D eigenvalue weighted by Crippen LogP contribution is 2.31. The van der Waals surface area contributed by atoms with Crippen molar-refractivity contribution < 1.29 is 31.9 Å². The van der Waals surface area contributed by atoms with Crippen molar-refractivity contribution in [3.05, 3.63) is 59.2 Å². The van der Waals surface area contributed by atoms with Crippen molar-refractivity contribution in [1.82, 2.24) is 0 Å². The summed E-state index contributed by atoms with van der Waals surface area (Å²) in [4.78, 5) is 28.9. The van der Waals surface area contributed by atoms with Crippen LogP contribution >= 0.6 is 0 Å². The van der Waals surface area contributed by atoms with Crippen LogP contribution in [0.15, 0.2) is 47.5 Å². The lowest BCUT2D eigenvalue weighted by Gasteiger charge is -2.29. The number of nitrogens with one attached hydrogen (secondary N) is 1. The number of nitrogens with zero attached hydrogens (tertiary/aromatic N) is 1. The SMILES string of the molecule is COc1ccc2c(c1)C(CC(=O)c1ccc(NC(=O)C(F)(F)C(F)F)cc1)=NC(C)(C)C2. The van der Waals surface area contributed by atoms with E-state index in [1.165, 1.54) is 24.3 Å². The summed E-state index contributed by atoms with van der Waals surface area (Å²) in [7, 11) is 1.55. The van der Waals surface area contributed by atoms with E-state index in [4.69, 9.17) is 9.73 Å². The molecule has 0 saturated heterocycles. The molecule has 0 unspecified atom stereocenters. The standard InChI is InChI=1S/C23H22F4N2O3/c1-22(2)12-14-6-9-16(32-3)10-17(14)18(29-22)11-19(30)13-4-7-15(8-5-13)28-21(31)23(26,27)20(24)25/h4-10,20H,11-12H2,1-3H3,(H,28,31). The Morgan fingerprint density at radius 1 is 1.16 bits per heavy atom. The molecule has 170 valence electrons. The van der Waals surface area contributed by atoms with E-state index in [9.17, 15) is 27.2 Å². The first-order valence-electron chi connectivity index (χ1n) is 9.79. The number of hydrogen-bond acceptors (Lipinski definition) is 4. The lowest BCUT2D eigenvalue weighted by atomic mass is 9.85. The van der Waals surface area contributed by atoms with Crippen LogP contribution in [0.1, 0.15) is 41.8 Å². The summed E-state index contributed by atoms with van der Waals surface area (Å²) in [5, 5.41) is 1.73. The monoisotopic (exact) mass is 450 g/mol. The minimum Gasteiger partial charge on any atom is -0.497 e. The zero-order chi connectivity index (χ0) is 23.7. The maximum Gasteiger partial charge on any atom is 0.383 e. The summed E-state index contributed by atoms with van der Waals surface area (Å²) in [5.74, 6) is -6.55. The molecule has 2 aromatic rings. The first-order chi connectivity index (χ1) is 14.9. The molecule has 32 heavy (non-hydrogen) atoms. The number of amides is 1. The van der Waals surface area contributed by atoms with Gasteiger partial charge in [0.05, 0.1) is 24.8 Å². The van der Waals surface area contributed by atoms with Gasteiger partial charge in [-0.25, -0.2) is 8.78 Å². The fourth-order valence-electron chi connectivity index (χ4n) is 3.48. The molecule has 1 N–H and O–H groups in total. The quantitative estimate of drug-likeness (QED) is 0.481. The first kappa shape index (κ1) is 23.4. The second-order valence-corrected chi connectivity index (χ2v) is 8.13. The summed E-state index contributed by atoms with van der Waals surface area (Å²) in [6.45, 7) is 3.94. The Kier molecular flexibility index (Phi) is 6.39. The van der Waals surface area contributed by atoms with Crippen molar-refractivity contribution >= 4 is 23.1 Å². The lowest BCUT2D eigenvalue weighted by molar-refractivity contribution is -0.163. The third-order valence-electron chi connectivity index (χ3n) is 5.06. The molecule has 3 rings (SSSR count). The van der Waals surface area contributed by atoms with E-state index < -0.39 is 18.3 Å². The van der Waals surface area contributed by atoms with Crippen LogP contribution in [0, 0.1) is 0 Å². The molecule has 1 aliphatic rings. The number of methoxy groups -OCH3 is 1. The number of anilines is 1. The second-order valence-electron chi connectivity index (χ2n) is 8.13. The highest BCUT2D eigenvalue weighted by molar-refractivity contribution is 6.17. The minimum absolute atomic E-state index is 0.00123. The van der Waals surface area contributed by atoms with Gasteiger partial charge >= 0.3 is 18.3 Å². The molecule has 0 saturated carbocycles. The summed E-state index contributed by atoms with van der Waals surface area (Å²) >= 11 is 0. The molecule has 0 bridgehead atoms. The molecule has 9 heteroatoms. The molecule has 1 amide bonds. The molecular weight excluding hydrogens is 428 g/mol. The molecule has 1 aliphatic heterocycles. The molecule has 0 radical (unpaired) electrons. The van der Waals surface area contributed by atoms with Gasteiger partial charge in [-0.15, -0.1) is 0 Å². The smallest absolute Gasteiger partial charge is 0.383 e. The number of carbonyl (C=O) groups is 2. The van der Waals surface area contributed by atoms with Crippen LogP contribution in [0.2, 0.25) is 0 Å². The van der Waals surface area contributed by atoms with Crippen LogP contribution in [0.25, 0.3) is 0 Å². The molecule has 5 nitrogen and oxygen atoms in total. The van der Waals surface area contributed by atoms with Gasteiger partial charge < -0.3 is 10.1 Å². The fourth-order valence-corrected chi connectivity index (χ4v) is 3.48. The number of alkyl halides is 4. The van der Waals surface area contributed by atoms with E-state index in [-0.39, 0.29) is 29.0 Å². The van der Waals surface area contributed by atoms with Gasteiger partial charge in [-0.1, -0.05) is 6.07 Å².